The molecule has 1 aromatic carbocycles. The summed E-state index contributed by atoms with van der Waals surface area (Å²) in [7, 11) is 1.69. The van der Waals surface area contributed by atoms with E-state index in [2.05, 4.69) is 30.4 Å². The number of amides is 1. The Labute approximate surface area is 163 Å². The zero-order valence-electron chi connectivity index (χ0n) is 16.8. The first-order valence-corrected chi connectivity index (χ1v) is 10.4. The Balaban J connectivity index is 1.64. The van der Waals surface area contributed by atoms with E-state index in [4.69, 9.17) is 4.74 Å². The molecule has 0 bridgehead atoms. The zero-order valence-corrected chi connectivity index (χ0v) is 16.8. The quantitative estimate of drug-likeness (QED) is 0.770. The van der Waals surface area contributed by atoms with Gasteiger partial charge in [0.05, 0.1) is 24.8 Å². The van der Waals surface area contributed by atoms with Crippen molar-refractivity contribution in [2.24, 2.45) is 0 Å². The molecule has 2 aliphatic rings. The molecule has 1 aliphatic carbocycles. The van der Waals surface area contributed by atoms with Crippen molar-refractivity contribution >= 4 is 5.91 Å². The fourth-order valence-corrected chi connectivity index (χ4v) is 4.49. The summed E-state index contributed by atoms with van der Waals surface area (Å²) in [6.45, 7) is 4.15. The first-order chi connectivity index (χ1) is 13.1. The lowest BCUT2D eigenvalue weighted by Crippen LogP contribution is -2.48. The van der Waals surface area contributed by atoms with E-state index in [1.165, 1.54) is 23.1 Å². The van der Waals surface area contributed by atoms with Gasteiger partial charge in [0.15, 0.2) is 0 Å². The van der Waals surface area contributed by atoms with Gasteiger partial charge in [-0.3, -0.25) is 4.79 Å². The predicted octanol–water partition coefficient (Wildman–Crippen LogP) is 2.61. The molecule has 5 nitrogen and oxygen atoms in total. The number of nitrogens with one attached hydrogen (secondary N) is 1. The van der Waals surface area contributed by atoms with Crippen molar-refractivity contribution < 1.29 is 14.6 Å². The van der Waals surface area contributed by atoms with E-state index in [1.54, 1.807) is 7.11 Å². The van der Waals surface area contributed by atoms with Crippen LogP contribution in [0.15, 0.2) is 18.2 Å². The third-order valence-corrected chi connectivity index (χ3v) is 6.14. The number of methoxy groups -OCH3 is 1. The second kappa shape index (κ2) is 9.18. The standard InChI is InChI=1S/C22H34N2O3/c1-3-17-7-8-18-9-12-24(20(15-27-2)19(18)13-17)21(25)14-23-16-22(26)10-5-4-6-11-22/h7-8,13,20,23,26H,3-6,9-12,14-16H2,1-2H3/t20-/m1/s1. The molecule has 0 unspecified atom stereocenters. The number of fused-ring (bicyclic) bond motifs is 1. The molecule has 1 atom stereocenters. The van der Waals surface area contributed by atoms with Gasteiger partial charge in [-0.25, -0.2) is 0 Å². The summed E-state index contributed by atoms with van der Waals surface area (Å²) in [4.78, 5) is 14.9. The average molecular weight is 375 g/mol. The van der Waals surface area contributed by atoms with Crippen LogP contribution in [0.4, 0.5) is 0 Å². The molecule has 150 valence electrons. The Bertz CT molecular complexity index is 640. The number of rotatable bonds is 7. The molecule has 1 fully saturated rings. The summed E-state index contributed by atoms with van der Waals surface area (Å²) >= 11 is 0. The van der Waals surface area contributed by atoms with Gasteiger partial charge in [0.2, 0.25) is 5.91 Å². The van der Waals surface area contributed by atoms with Crippen molar-refractivity contribution in [1.29, 1.82) is 0 Å². The number of hydrogen-bond acceptors (Lipinski definition) is 4. The normalized spacial score (nSPS) is 21.7. The third-order valence-electron chi connectivity index (χ3n) is 6.14. The van der Waals surface area contributed by atoms with Gasteiger partial charge in [0.1, 0.15) is 0 Å². The minimum Gasteiger partial charge on any atom is -0.389 e. The molecular weight excluding hydrogens is 340 g/mol. The van der Waals surface area contributed by atoms with Crippen molar-refractivity contribution in [3.8, 4) is 0 Å². The summed E-state index contributed by atoms with van der Waals surface area (Å²) in [5.41, 5.74) is 3.20. The molecule has 0 radical (unpaired) electrons. The number of carbonyl (C=O) groups excluding carboxylic acids is 1. The van der Waals surface area contributed by atoms with Crippen LogP contribution in [-0.2, 0) is 22.4 Å². The van der Waals surface area contributed by atoms with Crippen molar-refractivity contribution in [3.05, 3.63) is 34.9 Å². The molecule has 0 spiro atoms. The Morgan fingerprint density at radius 3 is 2.81 bits per heavy atom. The number of benzene rings is 1. The number of aliphatic hydroxyl groups is 1. The summed E-state index contributed by atoms with van der Waals surface area (Å²) < 4.78 is 5.45. The summed E-state index contributed by atoms with van der Waals surface area (Å²) in [6, 6.07) is 6.59. The van der Waals surface area contributed by atoms with Crippen LogP contribution in [0.1, 0.15) is 61.8 Å². The van der Waals surface area contributed by atoms with E-state index in [9.17, 15) is 9.90 Å². The molecule has 27 heavy (non-hydrogen) atoms. The van der Waals surface area contributed by atoms with Crippen LogP contribution in [0.3, 0.4) is 0 Å². The smallest absolute Gasteiger partial charge is 0.237 e. The van der Waals surface area contributed by atoms with Crippen molar-refractivity contribution in [3.63, 3.8) is 0 Å². The average Bonchev–Trinajstić information content (AvgIpc) is 2.68. The minimum absolute atomic E-state index is 0.0303. The number of aryl methyl sites for hydroxylation is 1. The Kier molecular flexibility index (Phi) is 6.90. The van der Waals surface area contributed by atoms with Crippen molar-refractivity contribution in [1.82, 2.24) is 10.2 Å². The molecule has 3 rings (SSSR count). The van der Waals surface area contributed by atoms with Gasteiger partial charge in [-0.05, 0) is 42.4 Å². The third kappa shape index (κ3) is 4.89. The van der Waals surface area contributed by atoms with Crippen LogP contribution in [0.25, 0.3) is 0 Å². The Morgan fingerprint density at radius 2 is 2.11 bits per heavy atom. The lowest BCUT2D eigenvalue weighted by molar-refractivity contribution is -0.134. The minimum atomic E-state index is -0.644. The van der Waals surface area contributed by atoms with E-state index in [0.717, 1.165) is 45.1 Å². The maximum Gasteiger partial charge on any atom is 0.237 e. The van der Waals surface area contributed by atoms with Crippen LogP contribution in [0.5, 0.6) is 0 Å². The van der Waals surface area contributed by atoms with Gasteiger partial charge < -0.3 is 20.1 Å². The van der Waals surface area contributed by atoms with Crippen LogP contribution >= 0.6 is 0 Å². The molecule has 1 aliphatic heterocycles. The SMILES string of the molecule is CCc1ccc2c(c1)[C@@H](COC)N(C(=O)CNCC1(O)CCCCC1)CC2. The summed E-state index contributed by atoms with van der Waals surface area (Å²) in [5, 5.41) is 13.8. The van der Waals surface area contributed by atoms with E-state index in [1.807, 2.05) is 4.90 Å². The molecule has 0 aromatic heterocycles. The van der Waals surface area contributed by atoms with Crippen LogP contribution in [-0.4, -0.2) is 54.9 Å². The van der Waals surface area contributed by atoms with Crippen LogP contribution in [0.2, 0.25) is 0 Å². The van der Waals surface area contributed by atoms with Gasteiger partial charge in [-0.2, -0.15) is 0 Å². The van der Waals surface area contributed by atoms with Gasteiger partial charge in [-0.1, -0.05) is 44.4 Å². The van der Waals surface area contributed by atoms with E-state index in [-0.39, 0.29) is 18.5 Å². The molecule has 5 heteroatoms. The first-order valence-electron chi connectivity index (χ1n) is 10.4. The monoisotopic (exact) mass is 374 g/mol. The molecule has 1 amide bonds. The second-order valence-electron chi connectivity index (χ2n) is 8.08. The van der Waals surface area contributed by atoms with Crippen molar-refractivity contribution in [2.75, 3.05) is 33.4 Å². The molecule has 1 saturated carbocycles. The first kappa shape index (κ1) is 20.3. The van der Waals surface area contributed by atoms with E-state index in [0.29, 0.717) is 13.2 Å². The topological polar surface area (TPSA) is 61.8 Å². The number of nitrogens with zero attached hydrogens (tertiary/aromatic N) is 1. The summed E-state index contributed by atoms with van der Waals surface area (Å²) in [6.07, 6.45) is 6.88. The zero-order chi connectivity index (χ0) is 19.3. The molecule has 1 heterocycles. The maximum atomic E-state index is 12.9. The molecule has 0 saturated heterocycles. The molecular formula is C22H34N2O3. The van der Waals surface area contributed by atoms with E-state index < -0.39 is 5.60 Å². The maximum absolute atomic E-state index is 12.9. The lowest BCUT2D eigenvalue weighted by atomic mass is 9.85. The largest absolute Gasteiger partial charge is 0.389 e. The molecule has 1 aromatic rings. The highest BCUT2D eigenvalue weighted by molar-refractivity contribution is 5.79. The number of carbonyl (C=O) groups is 1. The predicted molar refractivity (Wildman–Crippen MR) is 107 cm³/mol. The Morgan fingerprint density at radius 1 is 1.33 bits per heavy atom. The fourth-order valence-electron chi connectivity index (χ4n) is 4.49. The van der Waals surface area contributed by atoms with Crippen molar-refractivity contribution in [2.45, 2.75) is 63.5 Å². The van der Waals surface area contributed by atoms with Gasteiger partial charge in [0.25, 0.3) is 0 Å². The molecule has 2 N–H and O–H groups in total. The second-order valence-corrected chi connectivity index (χ2v) is 8.08. The fraction of sp³-hybridized carbons (Fsp3) is 0.682. The Hall–Kier alpha value is -1.43. The van der Waals surface area contributed by atoms with Gasteiger partial charge in [0, 0.05) is 20.2 Å². The number of hydrogen-bond donors (Lipinski definition) is 2. The highest BCUT2D eigenvalue weighted by Gasteiger charge is 2.32. The highest BCUT2D eigenvalue weighted by Crippen LogP contribution is 2.31. The van der Waals surface area contributed by atoms with Gasteiger partial charge >= 0.3 is 0 Å². The van der Waals surface area contributed by atoms with Crippen LogP contribution < -0.4 is 5.32 Å². The van der Waals surface area contributed by atoms with Crippen LogP contribution in [0, 0.1) is 0 Å². The lowest BCUT2D eigenvalue weighted by Gasteiger charge is -2.38. The van der Waals surface area contributed by atoms with E-state index >= 15 is 0 Å². The number of ether oxygens (including phenoxy) is 1. The van der Waals surface area contributed by atoms with Gasteiger partial charge in [-0.15, -0.1) is 0 Å². The highest BCUT2D eigenvalue weighted by atomic mass is 16.5. The summed E-state index contributed by atoms with van der Waals surface area (Å²) in [5.74, 6) is 0.0870.